The van der Waals surface area contributed by atoms with Crippen molar-refractivity contribution >= 4 is 17.3 Å². The molecule has 0 spiro atoms. The largest absolute Gasteiger partial charge is 0.395 e. The van der Waals surface area contributed by atoms with Crippen LogP contribution in [0.1, 0.15) is 41.5 Å². The number of rotatable bonds is 4. The summed E-state index contributed by atoms with van der Waals surface area (Å²) in [5.74, 6) is -2.48. The molecule has 31 heavy (non-hydrogen) atoms. The van der Waals surface area contributed by atoms with Gasteiger partial charge in [-0.3, -0.25) is 4.79 Å². The van der Waals surface area contributed by atoms with Crippen molar-refractivity contribution in [2.24, 2.45) is 5.41 Å². The van der Waals surface area contributed by atoms with Gasteiger partial charge in [0.25, 0.3) is 0 Å². The number of benzene rings is 2. The van der Waals surface area contributed by atoms with E-state index in [1.807, 2.05) is 24.8 Å². The lowest BCUT2D eigenvalue weighted by atomic mass is 9.91. The lowest BCUT2D eigenvalue weighted by Crippen LogP contribution is -2.32. The van der Waals surface area contributed by atoms with E-state index in [4.69, 9.17) is 0 Å². The summed E-state index contributed by atoms with van der Waals surface area (Å²) in [6.07, 6.45) is -4.31. The molecule has 1 aliphatic carbocycles. The van der Waals surface area contributed by atoms with Crippen LogP contribution in [0, 0.1) is 30.9 Å². The molecule has 0 radical (unpaired) electrons. The lowest BCUT2D eigenvalue weighted by molar-refractivity contribution is -0.189. The molecule has 3 nitrogen and oxygen atoms in total. The molecule has 8 heteroatoms. The van der Waals surface area contributed by atoms with Crippen molar-refractivity contribution in [3.8, 4) is 0 Å². The second-order valence-electron chi connectivity index (χ2n) is 8.60. The van der Waals surface area contributed by atoms with Gasteiger partial charge in [-0.2, -0.15) is 13.2 Å². The molecular formula is C23H23F5N2O. The van der Waals surface area contributed by atoms with Gasteiger partial charge >= 0.3 is 6.18 Å². The number of hydrogen-bond donors (Lipinski definition) is 1. The highest BCUT2D eigenvalue weighted by molar-refractivity contribution is 5.93. The Morgan fingerprint density at radius 1 is 1.13 bits per heavy atom. The zero-order valence-electron chi connectivity index (χ0n) is 17.3. The Bertz CT molecular complexity index is 1040. The van der Waals surface area contributed by atoms with E-state index in [2.05, 4.69) is 5.32 Å². The van der Waals surface area contributed by atoms with E-state index in [9.17, 15) is 26.7 Å². The first-order chi connectivity index (χ1) is 14.5. The number of aryl methyl sites for hydroxylation is 1. The van der Waals surface area contributed by atoms with Crippen molar-refractivity contribution in [1.82, 2.24) is 0 Å². The van der Waals surface area contributed by atoms with E-state index in [-0.39, 0.29) is 12.8 Å². The molecule has 2 aromatic rings. The molecular weight excluding hydrogens is 415 g/mol. The Labute approximate surface area is 177 Å². The maximum Gasteiger partial charge on any atom is 0.395 e. The van der Waals surface area contributed by atoms with Crippen molar-refractivity contribution in [2.75, 3.05) is 16.8 Å². The van der Waals surface area contributed by atoms with Crippen LogP contribution >= 0.6 is 0 Å². The smallest absolute Gasteiger partial charge is 0.367 e. The molecule has 0 unspecified atom stereocenters. The molecule has 166 valence electrons. The zero-order valence-corrected chi connectivity index (χ0v) is 17.3. The van der Waals surface area contributed by atoms with Gasteiger partial charge in [-0.15, -0.1) is 0 Å². The molecule has 2 aromatic carbocycles. The van der Waals surface area contributed by atoms with Crippen LogP contribution in [0.2, 0.25) is 0 Å². The number of carbonyl (C=O) groups is 1. The van der Waals surface area contributed by atoms with Gasteiger partial charge in [0.15, 0.2) is 11.6 Å². The highest BCUT2D eigenvalue weighted by atomic mass is 19.4. The summed E-state index contributed by atoms with van der Waals surface area (Å²) < 4.78 is 66.5. The maximum atomic E-state index is 13.7. The second-order valence-corrected chi connectivity index (χ2v) is 8.60. The molecule has 0 atom stereocenters. The Kier molecular flexibility index (Phi) is 5.22. The first-order valence-electron chi connectivity index (χ1n) is 10.2. The molecule has 2 aliphatic rings. The molecule has 0 saturated heterocycles. The predicted octanol–water partition coefficient (Wildman–Crippen LogP) is 5.82. The molecule has 1 saturated carbocycles. The van der Waals surface area contributed by atoms with Crippen molar-refractivity contribution in [3.63, 3.8) is 0 Å². The monoisotopic (exact) mass is 438 g/mol. The van der Waals surface area contributed by atoms with Gasteiger partial charge in [0, 0.05) is 37.0 Å². The molecule has 1 aliphatic heterocycles. The highest BCUT2D eigenvalue weighted by Gasteiger charge is 2.63. The van der Waals surface area contributed by atoms with Crippen LogP contribution in [-0.2, 0) is 17.8 Å². The Balaban J connectivity index is 1.56. The van der Waals surface area contributed by atoms with Crippen molar-refractivity contribution in [1.29, 1.82) is 0 Å². The molecule has 1 N–H and O–H groups in total. The standard InChI is InChI=1S/C23H23F5N2O/c1-13-9-15-5-8-30(16-3-4-18(24)19(25)10-16)12-17(15)14(2)21(13)29-20(31)11-22(6-7-22)23(26,27)28/h3-4,9-10H,5-8,11-12H2,1-2H3,(H,29,31). The normalized spacial score (nSPS) is 17.3. The molecule has 1 amide bonds. The second kappa shape index (κ2) is 7.50. The van der Waals surface area contributed by atoms with Gasteiger partial charge in [-0.1, -0.05) is 6.07 Å². The van der Waals surface area contributed by atoms with Gasteiger partial charge in [-0.05, 0) is 67.5 Å². The number of anilines is 2. The summed E-state index contributed by atoms with van der Waals surface area (Å²) in [6, 6.07) is 5.69. The third kappa shape index (κ3) is 4.00. The number of amides is 1. The first kappa shape index (κ1) is 21.6. The number of carbonyl (C=O) groups excluding carboxylic acids is 1. The summed E-state index contributed by atoms with van der Waals surface area (Å²) in [4.78, 5) is 14.4. The summed E-state index contributed by atoms with van der Waals surface area (Å²) in [5.41, 5.74) is 2.78. The maximum absolute atomic E-state index is 13.7. The first-order valence-corrected chi connectivity index (χ1v) is 10.2. The summed E-state index contributed by atoms with van der Waals surface area (Å²) in [7, 11) is 0. The van der Waals surface area contributed by atoms with E-state index in [1.54, 1.807) is 0 Å². The van der Waals surface area contributed by atoms with E-state index < -0.39 is 35.6 Å². The van der Waals surface area contributed by atoms with Crippen LogP contribution in [0.25, 0.3) is 0 Å². The van der Waals surface area contributed by atoms with Gasteiger partial charge in [-0.25, -0.2) is 8.78 Å². The average molecular weight is 438 g/mol. The summed E-state index contributed by atoms with van der Waals surface area (Å²) >= 11 is 0. The highest BCUT2D eigenvalue weighted by Crippen LogP contribution is 2.60. The quantitative estimate of drug-likeness (QED) is 0.611. The number of alkyl halides is 3. The molecule has 0 bridgehead atoms. The van der Waals surface area contributed by atoms with Crippen LogP contribution in [-0.4, -0.2) is 18.6 Å². The van der Waals surface area contributed by atoms with Crippen LogP contribution in [0.15, 0.2) is 24.3 Å². The van der Waals surface area contributed by atoms with Crippen molar-refractivity contribution in [3.05, 3.63) is 58.2 Å². The van der Waals surface area contributed by atoms with Crippen LogP contribution in [0.4, 0.5) is 33.3 Å². The Morgan fingerprint density at radius 2 is 1.84 bits per heavy atom. The fraction of sp³-hybridized carbons (Fsp3) is 0.435. The van der Waals surface area contributed by atoms with Gasteiger partial charge in [0.1, 0.15) is 0 Å². The fourth-order valence-corrected chi connectivity index (χ4v) is 4.37. The minimum atomic E-state index is -4.38. The number of fused-ring (bicyclic) bond motifs is 1. The Hall–Kier alpha value is -2.64. The van der Waals surface area contributed by atoms with Crippen LogP contribution < -0.4 is 10.2 Å². The van der Waals surface area contributed by atoms with Gasteiger partial charge < -0.3 is 10.2 Å². The van der Waals surface area contributed by atoms with Crippen LogP contribution in [0.5, 0.6) is 0 Å². The van der Waals surface area contributed by atoms with Crippen LogP contribution in [0.3, 0.4) is 0 Å². The molecule has 0 aromatic heterocycles. The van der Waals surface area contributed by atoms with Gasteiger partial charge in [0.2, 0.25) is 5.91 Å². The third-order valence-corrected chi connectivity index (χ3v) is 6.49. The van der Waals surface area contributed by atoms with E-state index in [0.29, 0.717) is 30.9 Å². The Morgan fingerprint density at radius 3 is 2.45 bits per heavy atom. The van der Waals surface area contributed by atoms with Crippen molar-refractivity contribution < 1.29 is 26.7 Å². The summed E-state index contributed by atoms with van der Waals surface area (Å²) in [6.45, 7) is 4.70. The van der Waals surface area contributed by atoms with Gasteiger partial charge in [0.05, 0.1) is 5.41 Å². The zero-order chi connectivity index (χ0) is 22.6. The summed E-state index contributed by atoms with van der Waals surface area (Å²) in [5, 5.41) is 2.70. The number of nitrogens with one attached hydrogen (secondary N) is 1. The molecule has 1 fully saturated rings. The fourth-order valence-electron chi connectivity index (χ4n) is 4.37. The number of hydrogen-bond acceptors (Lipinski definition) is 2. The third-order valence-electron chi connectivity index (χ3n) is 6.49. The molecule has 4 rings (SSSR count). The average Bonchev–Trinajstić information content (AvgIpc) is 3.48. The lowest BCUT2D eigenvalue weighted by Gasteiger charge is -2.33. The van der Waals surface area contributed by atoms with E-state index >= 15 is 0 Å². The number of nitrogens with zero attached hydrogens (tertiary/aromatic N) is 1. The minimum absolute atomic E-state index is 0.0186. The minimum Gasteiger partial charge on any atom is -0.367 e. The number of halogens is 5. The predicted molar refractivity (Wildman–Crippen MR) is 108 cm³/mol. The van der Waals surface area contributed by atoms with Crippen molar-refractivity contribution in [2.45, 2.75) is 52.3 Å². The molecule has 1 heterocycles. The van der Waals surface area contributed by atoms with E-state index in [0.717, 1.165) is 34.4 Å². The SMILES string of the molecule is Cc1cc2c(c(C)c1NC(=O)CC1(C(F)(F)F)CC1)CN(c1ccc(F)c(F)c1)CC2. The topological polar surface area (TPSA) is 32.3 Å². The van der Waals surface area contributed by atoms with E-state index in [1.165, 1.54) is 6.07 Å².